The Morgan fingerprint density at radius 3 is 2.61 bits per heavy atom. The zero-order valence-corrected chi connectivity index (χ0v) is 18.4. The first-order valence-corrected chi connectivity index (χ1v) is 13.2. The molecule has 0 N–H and O–H groups in total. The molecule has 4 aliphatic rings. The molecule has 2 unspecified atom stereocenters. The fourth-order valence-corrected chi connectivity index (χ4v) is 9.22. The van der Waals surface area contributed by atoms with Crippen LogP contribution in [-0.2, 0) is 23.0 Å². The lowest BCUT2D eigenvalue weighted by Gasteiger charge is -2.43. The molecule has 0 amide bonds. The molecule has 2 saturated carbocycles. The third-order valence-corrected chi connectivity index (χ3v) is 10.4. The van der Waals surface area contributed by atoms with Gasteiger partial charge in [0.05, 0.1) is 0 Å². The summed E-state index contributed by atoms with van der Waals surface area (Å²) >= 11 is 0. The van der Waals surface area contributed by atoms with Gasteiger partial charge in [0.2, 0.25) is 0 Å². The first-order valence-electron chi connectivity index (χ1n) is 11.0. The summed E-state index contributed by atoms with van der Waals surface area (Å²) in [6.07, 6.45) is 11.3. The number of benzene rings is 1. The van der Waals surface area contributed by atoms with Crippen LogP contribution in [0.1, 0.15) is 80.1 Å². The molecule has 2 aromatic rings. The Morgan fingerprint density at radius 2 is 1.93 bits per heavy atom. The number of rotatable bonds is 3. The highest BCUT2D eigenvalue weighted by atomic mass is 32.3. The molecule has 1 aliphatic heterocycles. The van der Waals surface area contributed by atoms with Crippen LogP contribution in [0.15, 0.2) is 18.3 Å². The Morgan fingerprint density at radius 1 is 1.18 bits per heavy atom. The van der Waals surface area contributed by atoms with E-state index in [1.54, 1.807) is 0 Å². The largest absolute Gasteiger partial charge is 0.269 e. The molecule has 0 radical (unpaired) electrons. The summed E-state index contributed by atoms with van der Waals surface area (Å²) in [6.45, 7) is 7.04. The molecule has 3 aliphatic carbocycles. The molecule has 1 saturated heterocycles. The van der Waals surface area contributed by atoms with Gasteiger partial charge < -0.3 is 0 Å². The Balaban J connectivity index is 1.50. The topological polar surface area (TPSA) is 33.0 Å². The molecule has 4 heteroatoms. The van der Waals surface area contributed by atoms with Crippen LogP contribution in [0.2, 0.25) is 0 Å². The van der Waals surface area contributed by atoms with Gasteiger partial charge in [-0.05, 0) is 94.2 Å². The van der Waals surface area contributed by atoms with Crippen LogP contribution in [-0.4, -0.2) is 25.8 Å². The van der Waals surface area contributed by atoms with Gasteiger partial charge in [-0.25, -0.2) is 4.31 Å². The normalized spacial score (nSPS) is 34.1. The first kappa shape index (κ1) is 17.6. The summed E-state index contributed by atoms with van der Waals surface area (Å²) in [5.74, 6) is 1.34. The number of hydrogen-bond acceptors (Lipinski definition) is 2. The third-order valence-electron chi connectivity index (χ3n) is 7.72. The zero-order valence-electron chi connectivity index (χ0n) is 17.5. The average Bonchev–Trinajstić information content (AvgIpc) is 3.47. The van der Waals surface area contributed by atoms with E-state index in [4.69, 9.17) is 4.98 Å². The number of aromatic nitrogens is 1. The average molecular weight is 397 g/mol. The maximum Gasteiger partial charge on any atom is 0.111 e. The van der Waals surface area contributed by atoms with Crippen molar-refractivity contribution < 1.29 is 4.21 Å². The predicted molar refractivity (Wildman–Crippen MR) is 117 cm³/mol. The molecule has 0 bridgehead atoms. The van der Waals surface area contributed by atoms with Gasteiger partial charge in [0.25, 0.3) is 0 Å². The SMILES string of the molecule is C[C@H]1Cc2cc3cnc(C4CC4)cc3c(C3N(C4CC(C)(C)C4)[SH]3(C)=O)c2C1. The minimum atomic E-state index is -2.28. The number of nitrogens with zero attached hydrogens (tertiary/aromatic N) is 2. The minimum absolute atomic E-state index is 0.144. The van der Waals surface area contributed by atoms with Crippen molar-refractivity contribution in [2.24, 2.45) is 11.3 Å². The van der Waals surface area contributed by atoms with E-state index in [1.165, 1.54) is 58.8 Å². The Labute approximate surface area is 169 Å². The summed E-state index contributed by atoms with van der Waals surface area (Å²) in [4.78, 5) is 4.79. The second-order valence-corrected chi connectivity index (χ2v) is 13.8. The lowest BCUT2D eigenvalue weighted by atomic mass is 9.68. The highest BCUT2D eigenvalue weighted by molar-refractivity contribution is 8.06. The quantitative estimate of drug-likeness (QED) is 0.591. The molecule has 2 heterocycles. The smallest absolute Gasteiger partial charge is 0.111 e. The number of pyridine rings is 1. The van der Waals surface area contributed by atoms with Crippen molar-refractivity contribution >= 4 is 20.9 Å². The molecule has 6 rings (SSSR count). The van der Waals surface area contributed by atoms with Gasteiger partial charge in [0.1, 0.15) is 5.37 Å². The van der Waals surface area contributed by atoms with E-state index < -0.39 is 10.1 Å². The van der Waals surface area contributed by atoms with Gasteiger partial charge in [0, 0.05) is 35.5 Å². The molecule has 0 spiro atoms. The maximum absolute atomic E-state index is 13.7. The van der Waals surface area contributed by atoms with Gasteiger partial charge >= 0.3 is 0 Å². The number of thiol groups is 1. The molecular formula is C24H32N2OS. The molecule has 150 valence electrons. The lowest BCUT2D eigenvalue weighted by Crippen LogP contribution is -2.42. The van der Waals surface area contributed by atoms with E-state index in [1.807, 2.05) is 6.26 Å². The summed E-state index contributed by atoms with van der Waals surface area (Å²) < 4.78 is 16.1. The highest BCUT2D eigenvalue weighted by Gasteiger charge is 2.60. The number of fused-ring (bicyclic) bond motifs is 2. The molecule has 28 heavy (non-hydrogen) atoms. The van der Waals surface area contributed by atoms with Crippen molar-refractivity contribution in [3.8, 4) is 0 Å². The van der Waals surface area contributed by atoms with Gasteiger partial charge in [0.15, 0.2) is 0 Å². The second-order valence-electron chi connectivity index (χ2n) is 11.0. The van der Waals surface area contributed by atoms with Crippen molar-refractivity contribution in [3.63, 3.8) is 0 Å². The van der Waals surface area contributed by atoms with Gasteiger partial charge in [-0.15, -0.1) is 0 Å². The molecule has 1 aromatic carbocycles. The van der Waals surface area contributed by atoms with Crippen LogP contribution < -0.4 is 0 Å². The molecule has 3 fully saturated rings. The summed E-state index contributed by atoms with van der Waals surface area (Å²) in [7, 11) is -2.28. The highest BCUT2D eigenvalue weighted by Crippen LogP contribution is 2.61. The Bertz CT molecular complexity index is 1050. The van der Waals surface area contributed by atoms with Crippen molar-refractivity contribution in [2.75, 3.05) is 6.26 Å². The molecular weight excluding hydrogens is 364 g/mol. The monoisotopic (exact) mass is 396 g/mol. The Hall–Kier alpha value is -1.26. The third kappa shape index (κ3) is 2.50. The van der Waals surface area contributed by atoms with Crippen molar-refractivity contribution in [1.82, 2.24) is 9.29 Å². The molecule has 1 aromatic heterocycles. The van der Waals surface area contributed by atoms with Crippen LogP contribution in [0.3, 0.4) is 0 Å². The van der Waals surface area contributed by atoms with Crippen LogP contribution in [0, 0.1) is 11.3 Å². The zero-order chi connectivity index (χ0) is 19.4. The van der Waals surface area contributed by atoms with E-state index in [-0.39, 0.29) is 5.37 Å². The van der Waals surface area contributed by atoms with Crippen molar-refractivity contribution in [1.29, 1.82) is 0 Å². The van der Waals surface area contributed by atoms with Gasteiger partial charge in [-0.1, -0.05) is 20.8 Å². The summed E-state index contributed by atoms with van der Waals surface area (Å²) in [5, 5.41) is 2.75. The van der Waals surface area contributed by atoms with Crippen molar-refractivity contribution in [2.45, 2.75) is 76.6 Å². The first-order chi connectivity index (χ1) is 13.2. The maximum atomic E-state index is 13.7. The minimum Gasteiger partial charge on any atom is -0.269 e. The Kier molecular flexibility index (Phi) is 3.43. The van der Waals surface area contributed by atoms with E-state index in [2.05, 4.69) is 43.4 Å². The summed E-state index contributed by atoms with van der Waals surface area (Å²) in [6, 6.07) is 5.23. The lowest BCUT2D eigenvalue weighted by molar-refractivity contribution is 0.0917. The van der Waals surface area contributed by atoms with Crippen LogP contribution >= 0.6 is 0 Å². The summed E-state index contributed by atoms with van der Waals surface area (Å²) in [5.41, 5.74) is 6.08. The predicted octanol–water partition coefficient (Wildman–Crippen LogP) is 4.91. The van der Waals surface area contributed by atoms with E-state index in [0.717, 1.165) is 12.8 Å². The van der Waals surface area contributed by atoms with Gasteiger partial charge in [-0.3, -0.25) is 9.19 Å². The van der Waals surface area contributed by atoms with Crippen LogP contribution in [0.4, 0.5) is 0 Å². The fourth-order valence-electron chi connectivity index (χ4n) is 6.20. The van der Waals surface area contributed by atoms with Crippen LogP contribution in [0.25, 0.3) is 10.8 Å². The molecule has 3 nitrogen and oxygen atoms in total. The van der Waals surface area contributed by atoms with Crippen molar-refractivity contribution in [3.05, 3.63) is 40.7 Å². The molecule has 3 atom stereocenters. The van der Waals surface area contributed by atoms with E-state index in [0.29, 0.717) is 23.3 Å². The second kappa shape index (κ2) is 5.46. The van der Waals surface area contributed by atoms with E-state index >= 15 is 0 Å². The van der Waals surface area contributed by atoms with E-state index in [9.17, 15) is 4.21 Å². The van der Waals surface area contributed by atoms with Gasteiger partial charge in [-0.2, -0.15) is 0 Å². The fraction of sp³-hybridized carbons (Fsp3) is 0.625. The standard InChI is InChI=1S/C24H32N2OS/c1-14-7-16-9-17-13-25-21(15-5-6-15)10-20(17)22(19(16)8-14)23-26(28(23,4)27)18-11-24(2,3)12-18/h9-10,13-15,18,23,28H,5-8,11-12H2,1-4H3/t14-,23?,26?/m0/s1. The van der Waals surface area contributed by atoms with Crippen LogP contribution in [0.5, 0.6) is 0 Å². The number of hydrogen-bond donors (Lipinski definition) is 1.